The number of hydrogen-bond donors (Lipinski definition) is 3. The summed E-state index contributed by atoms with van der Waals surface area (Å²) < 4.78 is 10.9. The summed E-state index contributed by atoms with van der Waals surface area (Å²) in [5.41, 5.74) is 2.51. The van der Waals surface area contributed by atoms with E-state index in [0.29, 0.717) is 33.6 Å². The normalized spacial score (nSPS) is 16.3. The van der Waals surface area contributed by atoms with Crippen molar-refractivity contribution in [2.45, 2.75) is 13.0 Å². The van der Waals surface area contributed by atoms with Gasteiger partial charge >= 0.3 is 0 Å². The van der Waals surface area contributed by atoms with Gasteiger partial charge in [0.05, 0.1) is 37.7 Å². The second-order valence-corrected chi connectivity index (χ2v) is 6.26. The number of pyridine rings is 1. The Kier molecular flexibility index (Phi) is 5.56. The molecule has 0 spiro atoms. The van der Waals surface area contributed by atoms with E-state index in [-0.39, 0.29) is 5.91 Å². The largest absolute Gasteiger partial charge is 0.493 e. The van der Waals surface area contributed by atoms with Crippen LogP contribution >= 0.6 is 12.2 Å². The number of nitrogens with zero attached hydrogens (tertiary/aromatic N) is 1. The van der Waals surface area contributed by atoms with Gasteiger partial charge in [-0.15, -0.1) is 0 Å². The lowest BCUT2D eigenvalue weighted by atomic mass is 9.94. The van der Waals surface area contributed by atoms with Crippen molar-refractivity contribution in [1.82, 2.24) is 15.6 Å². The summed E-state index contributed by atoms with van der Waals surface area (Å²) in [7, 11) is 3.13. The third-order valence-electron chi connectivity index (χ3n) is 4.18. The number of hydrogen-bond acceptors (Lipinski definition) is 5. The van der Waals surface area contributed by atoms with Gasteiger partial charge in [-0.1, -0.05) is 12.1 Å². The van der Waals surface area contributed by atoms with Crippen molar-refractivity contribution in [2.75, 3.05) is 19.5 Å². The molecule has 0 bridgehead atoms. The van der Waals surface area contributed by atoms with E-state index in [1.165, 1.54) is 0 Å². The SMILES string of the molecule is COc1cccc([C@@H]2NC(=S)NC(C)=C2C(=O)Nc2cccnc2)c1OC. The minimum absolute atomic E-state index is 0.266. The lowest BCUT2D eigenvalue weighted by Gasteiger charge is -2.31. The molecule has 0 unspecified atom stereocenters. The first-order chi connectivity index (χ1) is 13.0. The molecule has 3 rings (SSSR count). The second kappa shape index (κ2) is 8.05. The number of rotatable bonds is 5. The summed E-state index contributed by atoms with van der Waals surface area (Å²) in [6.07, 6.45) is 3.23. The molecular weight excluding hydrogens is 364 g/mol. The number of nitrogens with one attached hydrogen (secondary N) is 3. The van der Waals surface area contributed by atoms with Crippen molar-refractivity contribution >= 4 is 28.9 Å². The molecule has 0 radical (unpaired) electrons. The predicted octanol–water partition coefficient (Wildman–Crippen LogP) is 2.53. The van der Waals surface area contributed by atoms with Gasteiger partial charge in [-0.25, -0.2) is 0 Å². The Labute approximate surface area is 162 Å². The lowest BCUT2D eigenvalue weighted by molar-refractivity contribution is -0.113. The van der Waals surface area contributed by atoms with Gasteiger partial charge in [-0.3, -0.25) is 9.78 Å². The van der Waals surface area contributed by atoms with Crippen LogP contribution in [-0.4, -0.2) is 30.2 Å². The van der Waals surface area contributed by atoms with E-state index in [9.17, 15) is 4.79 Å². The molecule has 1 aromatic heterocycles. The third-order valence-corrected chi connectivity index (χ3v) is 4.40. The van der Waals surface area contributed by atoms with Crippen LogP contribution in [0.1, 0.15) is 18.5 Å². The predicted molar refractivity (Wildman–Crippen MR) is 107 cm³/mol. The van der Waals surface area contributed by atoms with Gasteiger partial charge in [0.2, 0.25) is 0 Å². The van der Waals surface area contributed by atoms with Crippen LogP contribution in [0.25, 0.3) is 0 Å². The number of allylic oxidation sites excluding steroid dienone is 1. The average Bonchev–Trinajstić information content (AvgIpc) is 2.67. The number of carbonyl (C=O) groups excluding carboxylic acids is 1. The van der Waals surface area contributed by atoms with Crippen LogP contribution in [0, 0.1) is 0 Å². The molecule has 27 heavy (non-hydrogen) atoms. The topological polar surface area (TPSA) is 84.5 Å². The van der Waals surface area contributed by atoms with E-state index in [1.54, 1.807) is 44.8 Å². The van der Waals surface area contributed by atoms with Gasteiger partial charge in [0, 0.05) is 17.5 Å². The fourth-order valence-electron chi connectivity index (χ4n) is 3.00. The number of methoxy groups -OCH3 is 2. The molecule has 3 N–H and O–H groups in total. The minimum atomic E-state index is -0.500. The Bertz CT molecular complexity index is 899. The average molecular weight is 384 g/mol. The summed E-state index contributed by atoms with van der Waals surface area (Å²) in [5, 5.41) is 9.47. The molecule has 1 aliphatic heterocycles. The molecule has 1 aromatic carbocycles. The molecule has 0 aliphatic carbocycles. The zero-order chi connectivity index (χ0) is 19.4. The van der Waals surface area contributed by atoms with E-state index in [4.69, 9.17) is 21.7 Å². The fraction of sp³-hybridized carbons (Fsp3) is 0.211. The number of amides is 1. The van der Waals surface area contributed by atoms with Crippen LogP contribution in [-0.2, 0) is 4.79 Å². The molecule has 2 heterocycles. The zero-order valence-electron chi connectivity index (χ0n) is 15.2. The summed E-state index contributed by atoms with van der Waals surface area (Å²) in [4.78, 5) is 17.1. The number of carbonyl (C=O) groups is 1. The zero-order valence-corrected chi connectivity index (χ0v) is 16.0. The van der Waals surface area contributed by atoms with Crippen molar-refractivity contribution in [3.05, 3.63) is 59.6 Å². The van der Waals surface area contributed by atoms with Crippen molar-refractivity contribution in [3.8, 4) is 11.5 Å². The molecular formula is C19H20N4O3S. The molecule has 0 saturated carbocycles. The van der Waals surface area contributed by atoms with Crippen LogP contribution in [0.15, 0.2) is 54.0 Å². The van der Waals surface area contributed by atoms with Crippen LogP contribution in [0.5, 0.6) is 11.5 Å². The number of thiocarbonyl (C=S) groups is 1. The van der Waals surface area contributed by atoms with Crippen LogP contribution in [0.2, 0.25) is 0 Å². The number of aromatic nitrogens is 1. The van der Waals surface area contributed by atoms with Crippen LogP contribution in [0.3, 0.4) is 0 Å². The summed E-state index contributed by atoms with van der Waals surface area (Å²) >= 11 is 5.30. The van der Waals surface area contributed by atoms with Crippen molar-refractivity contribution < 1.29 is 14.3 Å². The van der Waals surface area contributed by atoms with Gasteiger partial charge in [-0.05, 0) is 37.3 Å². The summed E-state index contributed by atoms with van der Waals surface area (Å²) in [6, 6.07) is 8.54. The summed E-state index contributed by atoms with van der Waals surface area (Å²) in [5.74, 6) is 0.852. The Hall–Kier alpha value is -3.13. The van der Waals surface area contributed by atoms with E-state index in [0.717, 1.165) is 5.56 Å². The number of para-hydroxylation sites is 1. The first kappa shape index (κ1) is 18.7. The Morgan fingerprint density at radius 2 is 2.04 bits per heavy atom. The maximum atomic E-state index is 13.0. The van der Waals surface area contributed by atoms with Crippen LogP contribution in [0.4, 0.5) is 5.69 Å². The van der Waals surface area contributed by atoms with E-state index in [1.807, 2.05) is 19.1 Å². The van der Waals surface area contributed by atoms with E-state index >= 15 is 0 Å². The quantitative estimate of drug-likeness (QED) is 0.683. The molecule has 0 saturated heterocycles. The molecule has 1 atom stereocenters. The molecule has 1 aliphatic rings. The lowest BCUT2D eigenvalue weighted by Crippen LogP contribution is -2.45. The Balaban J connectivity index is 2.04. The number of anilines is 1. The van der Waals surface area contributed by atoms with Gasteiger partial charge in [0.1, 0.15) is 0 Å². The highest BCUT2D eigenvalue weighted by atomic mass is 32.1. The van der Waals surface area contributed by atoms with E-state index in [2.05, 4.69) is 20.9 Å². The molecule has 7 nitrogen and oxygen atoms in total. The number of ether oxygens (including phenoxy) is 2. The molecule has 1 amide bonds. The van der Waals surface area contributed by atoms with E-state index < -0.39 is 6.04 Å². The Morgan fingerprint density at radius 3 is 2.70 bits per heavy atom. The van der Waals surface area contributed by atoms with Crippen molar-refractivity contribution in [2.24, 2.45) is 0 Å². The maximum absolute atomic E-state index is 13.0. The fourth-order valence-corrected chi connectivity index (χ4v) is 3.27. The third kappa shape index (κ3) is 3.85. The number of benzene rings is 1. The van der Waals surface area contributed by atoms with Crippen molar-refractivity contribution in [3.63, 3.8) is 0 Å². The van der Waals surface area contributed by atoms with Gasteiger partial charge < -0.3 is 25.4 Å². The highest BCUT2D eigenvalue weighted by molar-refractivity contribution is 7.80. The maximum Gasteiger partial charge on any atom is 0.255 e. The smallest absolute Gasteiger partial charge is 0.255 e. The minimum Gasteiger partial charge on any atom is -0.493 e. The van der Waals surface area contributed by atoms with Gasteiger partial charge in [0.15, 0.2) is 16.6 Å². The standard InChI is InChI=1S/C19H20N4O3S/c1-11-15(18(24)22-12-6-5-9-20-10-12)16(23-19(27)21-11)13-7-4-8-14(25-2)17(13)26-3/h4-10,16H,1-3H3,(H,22,24)(H2,21,23,27)/t16-/m0/s1. The second-order valence-electron chi connectivity index (χ2n) is 5.85. The molecule has 2 aromatic rings. The monoisotopic (exact) mass is 384 g/mol. The first-order valence-corrected chi connectivity index (χ1v) is 8.66. The Morgan fingerprint density at radius 1 is 1.22 bits per heavy atom. The molecule has 140 valence electrons. The highest BCUT2D eigenvalue weighted by Gasteiger charge is 2.32. The van der Waals surface area contributed by atoms with Crippen LogP contribution < -0.4 is 25.4 Å². The van der Waals surface area contributed by atoms with Gasteiger partial charge in [-0.2, -0.15) is 0 Å². The first-order valence-electron chi connectivity index (χ1n) is 8.25. The summed E-state index contributed by atoms with van der Waals surface area (Å²) in [6.45, 7) is 1.81. The molecule has 0 fully saturated rings. The molecule has 8 heteroatoms. The van der Waals surface area contributed by atoms with Gasteiger partial charge in [0.25, 0.3) is 5.91 Å². The van der Waals surface area contributed by atoms with Crippen molar-refractivity contribution in [1.29, 1.82) is 0 Å². The highest BCUT2D eigenvalue weighted by Crippen LogP contribution is 2.38.